The minimum atomic E-state index is -0.923. The van der Waals surface area contributed by atoms with E-state index in [0.29, 0.717) is 12.1 Å². The molecular weight excluding hydrogens is 436 g/mol. The van der Waals surface area contributed by atoms with Crippen molar-refractivity contribution >= 4 is 28.3 Å². The van der Waals surface area contributed by atoms with Gasteiger partial charge in [0.2, 0.25) is 5.91 Å². The molecule has 5 heteroatoms. The first-order valence-corrected chi connectivity index (χ1v) is 14.0. The SMILES string of the molecule is CCCCCCCCCCCCCCCCCC(CC(=O)O)C(=O)Nc1cccc2cnccc12. The number of carbonyl (C=O) groups is 2. The molecule has 1 atom stereocenters. The maximum absolute atomic E-state index is 12.9. The van der Waals surface area contributed by atoms with Gasteiger partial charge in [-0.15, -0.1) is 0 Å². The van der Waals surface area contributed by atoms with Crippen molar-refractivity contribution in [1.29, 1.82) is 0 Å². The van der Waals surface area contributed by atoms with Gasteiger partial charge in [-0.2, -0.15) is 0 Å². The molecule has 2 aromatic rings. The van der Waals surface area contributed by atoms with Gasteiger partial charge in [0.15, 0.2) is 0 Å². The summed E-state index contributed by atoms with van der Waals surface area (Å²) >= 11 is 0. The Bertz CT molecular complexity index is 862. The predicted molar refractivity (Wildman–Crippen MR) is 146 cm³/mol. The van der Waals surface area contributed by atoms with Gasteiger partial charge in [-0.05, 0) is 18.6 Å². The van der Waals surface area contributed by atoms with Crippen molar-refractivity contribution in [2.24, 2.45) is 5.92 Å². The topological polar surface area (TPSA) is 79.3 Å². The van der Waals surface area contributed by atoms with Crippen molar-refractivity contribution in [2.75, 3.05) is 5.32 Å². The predicted octanol–water partition coefficient (Wildman–Crippen LogP) is 8.53. The van der Waals surface area contributed by atoms with Crippen molar-refractivity contribution in [3.63, 3.8) is 0 Å². The fourth-order valence-corrected chi connectivity index (χ4v) is 4.77. The quantitative estimate of drug-likeness (QED) is 0.185. The molecule has 0 saturated heterocycles. The van der Waals surface area contributed by atoms with Crippen LogP contribution in [0.1, 0.15) is 116 Å². The molecular formula is C30H46N2O3. The molecule has 0 fully saturated rings. The van der Waals surface area contributed by atoms with Crippen molar-refractivity contribution < 1.29 is 14.7 Å². The Kier molecular flexibility index (Phi) is 14.8. The van der Waals surface area contributed by atoms with Crippen LogP contribution in [0.5, 0.6) is 0 Å². The first kappa shape index (κ1) is 28.8. The van der Waals surface area contributed by atoms with E-state index in [2.05, 4.69) is 17.2 Å². The van der Waals surface area contributed by atoms with Gasteiger partial charge in [-0.3, -0.25) is 14.6 Å². The van der Waals surface area contributed by atoms with Crippen LogP contribution in [0.15, 0.2) is 36.7 Å². The number of fused-ring (bicyclic) bond motifs is 1. The molecule has 0 saturated carbocycles. The van der Waals surface area contributed by atoms with E-state index in [4.69, 9.17) is 0 Å². The van der Waals surface area contributed by atoms with Crippen molar-refractivity contribution in [1.82, 2.24) is 4.98 Å². The molecule has 1 aromatic heterocycles. The third-order valence-corrected chi connectivity index (χ3v) is 6.89. The van der Waals surface area contributed by atoms with Crippen LogP contribution < -0.4 is 5.32 Å². The molecule has 1 aromatic carbocycles. The molecule has 0 spiro atoms. The van der Waals surface area contributed by atoms with Crippen LogP contribution in [-0.2, 0) is 9.59 Å². The highest BCUT2D eigenvalue weighted by atomic mass is 16.4. The number of unbranched alkanes of at least 4 members (excludes halogenated alkanes) is 14. The number of carbonyl (C=O) groups excluding carboxylic acids is 1. The number of benzene rings is 1. The van der Waals surface area contributed by atoms with E-state index in [-0.39, 0.29) is 12.3 Å². The molecule has 2 N–H and O–H groups in total. The minimum absolute atomic E-state index is 0.128. The number of amides is 1. The number of nitrogens with one attached hydrogen (secondary N) is 1. The molecule has 0 bridgehead atoms. The van der Waals surface area contributed by atoms with E-state index >= 15 is 0 Å². The number of rotatable bonds is 20. The van der Waals surface area contributed by atoms with E-state index in [1.54, 1.807) is 12.4 Å². The zero-order valence-corrected chi connectivity index (χ0v) is 21.8. The summed E-state index contributed by atoms with van der Waals surface area (Å²) in [6.45, 7) is 2.27. The smallest absolute Gasteiger partial charge is 0.304 e. The highest BCUT2D eigenvalue weighted by Gasteiger charge is 2.22. The number of hydrogen-bond donors (Lipinski definition) is 2. The summed E-state index contributed by atoms with van der Waals surface area (Å²) < 4.78 is 0. The van der Waals surface area contributed by atoms with Gasteiger partial charge in [-0.1, -0.05) is 115 Å². The number of aromatic nitrogens is 1. The Morgan fingerprint density at radius 2 is 1.40 bits per heavy atom. The van der Waals surface area contributed by atoms with Gasteiger partial charge in [0.1, 0.15) is 0 Å². The number of aliphatic carboxylic acids is 1. The minimum Gasteiger partial charge on any atom is -0.481 e. The first-order valence-electron chi connectivity index (χ1n) is 14.0. The summed E-state index contributed by atoms with van der Waals surface area (Å²) in [5, 5.41) is 14.1. The van der Waals surface area contributed by atoms with E-state index < -0.39 is 11.9 Å². The van der Waals surface area contributed by atoms with Crippen molar-refractivity contribution in [3.05, 3.63) is 36.7 Å². The molecule has 0 aliphatic rings. The molecule has 0 radical (unpaired) electrons. The Labute approximate surface area is 212 Å². The van der Waals surface area contributed by atoms with E-state index in [1.165, 1.54) is 77.0 Å². The van der Waals surface area contributed by atoms with E-state index in [0.717, 1.165) is 30.0 Å². The lowest BCUT2D eigenvalue weighted by Crippen LogP contribution is -2.25. The van der Waals surface area contributed by atoms with Gasteiger partial charge in [0.05, 0.1) is 6.42 Å². The second-order valence-electron chi connectivity index (χ2n) is 9.92. The largest absolute Gasteiger partial charge is 0.481 e. The Morgan fingerprint density at radius 3 is 1.97 bits per heavy atom. The Morgan fingerprint density at radius 1 is 0.829 bits per heavy atom. The van der Waals surface area contributed by atoms with Gasteiger partial charge >= 0.3 is 5.97 Å². The summed E-state index contributed by atoms with van der Waals surface area (Å²) in [6, 6.07) is 7.54. The second kappa shape index (κ2) is 17.9. The second-order valence-corrected chi connectivity index (χ2v) is 9.92. The number of pyridine rings is 1. The zero-order chi connectivity index (χ0) is 25.1. The highest BCUT2D eigenvalue weighted by Crippen LogP contribution is 2.24. The molecule has 0 aliphatic carbocycles. The molecule has 1 heterocycles. The Hall–Kier alpha value is -2.43. The van der Waals surface area contributed by atoms with Crippen LogP contribution >= 0.6 is 0 Å². The van der Waals surface area contributed by atoms with Crippen LogP contribution in [0.3, 0.4) is 0 Å². The van der Waals surface area contributed by atoms with Gasteiger partial charge < -0.3 is 10.4 Å². The third kappa shape index (κ3) is 12.2. The highest BCUT2D eigenvalue weighted by molar-refractivity contribution is 6.03. The maximum Gasteiger partial charge on any atom is 0.304 e. The van der Waals surface area contributed by atoms with Crippen LogP contribution in [0.2, 0.25) is 0 Å². The molecule has 5 nitrogen and oxygen atoms in total. The monoisotopic (exact) mass is 482 g/mol. The molecule has 35 heavy (non-hydrogen) atoms. The average molecular weight is 483 g/mol. The summed E-state index contributed by atoms with van der Waals surface area (Å²) in [5.74, 6) is -1.64. The standard InChI is InChI=1S/C30H46N2O3/c1-2-3-4-5-6-7-8-9-10-11-12-13-14-15-16-18-25(23-29(33)34)30(35)32-28-20-17-19-26-24-31-22-21-27(26)28/h17,19-22,24-25H,2-16,18,23H2,1H3,(H,32,35)(H,33,34). The lowest BCUT2D eigenvalue weighted by Gasteiger charge is -2.16. The fraction of sp³-hybridized carbons (Fsp3) is 0.633. The summed E-state index contributed by atoms with van der Waals surface area (Å²) in [5.41, 5.74) is 0.710. The molecule has 2 rings (SSSR count). The molecule has 1 amide bonds. The summed E-state index contributed by atoms with van der Waals surface area (Å²) in [6.07, 6.45) is 23.3. The number of carboxylic acids is 1. The van der Waals surface area contributed by atoms with Crippen LogP contribution in [0.4, 0.5) is 5.69 Å². The van der Waals surface area contributed by atoms with Crippen molar-refractivity contribution in [3.8, 4) is 0 Å². The molecule has 194 valence electrons. The lowest BCUT2D eigenvalue weighted by molar-refractivity contribution is -0.140. The number of hydrogen-bond acceptors (Lipinski definition) is 3. The van der Waals surface area contributed by atoms with Gasteiger partial charge in [-0.25, -0.2) is 0 Å². The Balaban J connectivity index is 1.59. The maximum atomic E-state index is 12.9. The van der Waals surface area contributed by atoms with Crippen LogP contribution in [-0.4, -0.2) is 22.0 Å². The fourth-order valence-electron chi connectivity index (χ4n) is 4.77. The van der Waals surface area contributed by atoms with Gasteiger partial charge in [0, 0.05) is 34.8 Å². The number of nitrogens with zero attached hydrogens (tertiary/aromatic N) is 1. The normalized spacial score (nSPS) is 12.0. The first-order chi connectivity index (χ1) is 17.1. The summed E-state index contributed by atoms with van der Waals surface area (Å²) in [7, 11) is 0. The molecule has 1 unspecified atom stereocenters. The number of anilines is 1. The van der Waals surface area contributed by atoms with Gasteiger partial charge in [0.25, 0.3) is 0 Å². The lowest BCUT2D eigenvalue weighted by atomic mass is 9.95. The zero-order valence-electron chi connectivity index (χ0n) is 21.8. The average Bonchev–Trinajstić information content (AvgIpc) is 2.85. The summed E-state index contributed by atoms with van der Waals surface area (Å²) in [4.78, 5) is 28.4. The van der Waals surface area contributed by atoms with Crippen molar-refractivity contribution in [2.45, 2.75) is 116 Å². The molecule has 0 aliphatic heterocycles. The van der Waals surface area contributed by atoms with Crippen LogP contribution in [0.25, 0.3) is 10.8 Å². The van der Waals surface area contributed by atoms with E-state index in [9.17, 15) is 14.7 Å². The van der Waals surface area contributed by atoms with E-state index in [1.807, 2.05) is 24.3 Å². The van der Waals surface area contributed by atoms with Crippen LogP contribution in [0, 0.1) is 5.92 Å². The number of carboxylic acid groups (broad SMARTS) is 1. The third-order valence-electron chi connectivity index (χ3n) is 6.89.